The van der Waals surface area contributed by atoms with Gasteiger partial charge in [-0.15, -0.1) is 0 Å². The van der Waals surface area contributed by atoms with Gasteiger partial charge in [-0.05, 0) is 17.7 Å². The van der Waals surface area contributed by atoms with E-state index in [1.807, 2.05) is 24.3 Å². The van der Waals surface area contributed by atoms with Crippen molar-refractivity contribution in [1.82, 2.24) is 10.2 Å². The van der Waals surface area contributed by atoms with Crippen LogP contribution in [0.3, 0.4) is 0 Å². The van der Waals surface area contributed by atoms with Crippen molar-refractivity contribution in [2.45, 2.75) is 12.5 Å². The topological polar surface area (TPSA) is 67.9 Å². The highest BCUT2D eigenvalue weighted by Gasteiger charge is 2.34. The normalized spacial score (nSPS) is 24.4. The Labute approximate surface area is 129 Å². The van der Waals surface area contributed by atoms with Gasteiger partial charge in [0.2, 0.25) is 11.8 Å². The molecule has 1 aromatic rings. The second kappa shape index (κ2) is 6.36. The largest absolute Gasteiger partial charge is 0.497 e. The molecule has 1 aromatic carbocycles. The van der Waals surface area contributed by atoms with Gasteiger partial charge in [0.25, 0.3) is 0 Å². The van der Waals surface area contributed by atoms with E-state index in [1.165, 1.54) is 0 Å². The van der Waals surface area contributed by atoms with E-state index >= 15 is 0 Å². The molecule has 2 fully saturated rings. The summed E-state index contributed by atoms with van der Waals surface area (Å²) in [5.74, 6) is 0.478. The van der Waals surface area contributed by atoms with Gasteiger partial charge in [-0.3, -0.25) is 9.59 Å². The van der Waals surface area contributed by atoms with E-state index in [0.717, 1.165) is 11.3 Å². The van der Waals surface area contributed by atoms with Crippen molar-refractivity contribution in [3.8, 4) is 5.75 Å². The predicted octanol–water partition coefficient (Wildman–Crippen LogP) is 0.211. The van der Waals surface area contributed by atoms with Crippen molar-refractivity contribution < 1.29 is 19.1 Å². The predicted molar refractivity (Wildman–Crippen MR) is 79.5 cm³/mol. The molecule has 22 heavy (non-hydrogen) atoms. The molecule has 3 rings (SSSR count). The molecule has 2 amide bonds. The summed E-state index contributed by atoms with van der Waals surface area (Å²) in [6.45, 7) is 1.77. The molecule has 2 bridgehead atoms. The fraction of sp³-hybridized carbons (Fsp3) is 0.500. The summed E-state index contributed by atoms with van der Waals surface area (Å²) >= 11 is 0. The summed E-state index contributed by atoms with van der Waals surface area (Å²) in [6.07, 6.45) is 0.311. The van der Waals surface area contributed by atoms with E-state index < -0.39 is 0 Å². The molecule has 2 atom stereocenters. The minimum Gasteiger partial charge on any atom is -0.497 e. The van der Waals surface area contributed by atoms with Gasteiger partial charge in [0.15, 0.2) is 0 Å². The number of fused-ring (bicyclic) bond motifs is 3. The van der Waals surface area contributed by atoms with Gasteiger partial charge in [0, 0.05) is 13.1 Å². The summed E-state index contributed by atoms with van der Waals surface area (Å²) in [6, 6.07) is 7.38. The van der Waals surface area contributed by atoms with Crippen LogP contribution in [0.5, 0.6) is 5.75 Å². The average molecular weight is 304 g/mol. The van der Waals surface area contributed by atoms with Crippen LogP contribution in [0.4, 0.5) is 0 Å². The van der Waals surface area contributed by atoms with Gasteiger partial charge in [0.05, 0.1) is 38.7 Å². The number of carbonyl (C=O) groups is 2. The van der Waals surface area contributed by atoms with Crippen molar-refractivity contribution in [2.75, 3.05) is 33.4 Å². The Hall–Kier alpha value is -2.08. The minimum absolute atomic E-state index is 0.0146. The maximum absolute atomic E-state index is 12.6. The maximum atomic E-state index is 12.6. The number of amides is 2. The first-order valence-electron chi connectivity index (χ1n) is 7.44. The van der Waals surface area contributed by atoms with Gasteiger partial charge in [-0.1, -0.05) is 12.1 Å². The highest BCUT2D eigenvalue weighted by atomic mass is 16.5. The molecular weight excluding hydrogens is 284 g/mol. The molecule has 0 saturated carbocycles. The Kier molecular flexibility index (Phi) is 4.29. The molecule has 1 N–H and O–H groups in total. The van der Waals surface area contributed by atoms with Crippen LogP contribution in [-0.2, 0) is 20.7 Å². The van der Waals surface area contributed by atoms with Crippen LogP contribution in [0.1, 0.15) is 5.56 Å². The van der Waals surface area contributed by atoms with E-state index in [9.17, 15) is 9.59 Å². The van der Waals surface area contributed by atoms with E-state index in [1.54, 1.807) is 12.0 Å². The number of methoxy groups -OCH3 is 1. The third kappa shape index (κ3) is 3.22. The fourth-order valence-corrected chi connectivity index (χ4v) is 2.90. The number of benzene rings is 1. The summed E-state index contributed by atoms with van der Waals surface area (Å²) in [5.41, 5.74) is 0.911. The standard InChI is InChI=1S/C16H20N2O4/c1-21-14-4-2-3-11(5-14)6-15(19)18-7-12-9-22-10-13(8-18)17-16(12)20/h2-5,12-13H,6-10H2,1H3,(H,17,20)/t12-,13+/m1/s1. The smallest absolute Gasteiger partial charge is 0.227 e. The highest BCUT2D eigenvalue weighted by molar-refractivity contribution is 5.83. The van der Waals surface area contributed by atoms with Crippen LogP contribution in [0.25, 0.3) is 0 Å². The Morgan fingerprint density at radius 3 is 3.09 bits per heavy atom. The van der Waals surface area contributed by atoms with Gasteiger partial charge in [0.1, 0.15) is 5.75 Å². The van der Waals surface area contributed by atoms with Crippen molar-refractivity contribution in [2.24, 2.45) is 5.92 Å². The van der Waals surface area contributed by atoms with Gasteiger partial charge >= 0.3 is 0 Å². The monoisotopic (exact) mass is 304 g/mol. The van der Waals surface area contributed by atoms with Gasteiger partial charge < -0.3 is 19.7 Å². The zero-order valence-corrected chi connectivity index (χ0v) is 12.6. The molecule has 0 aliphatic carbocycles. The first-order valence-corrected chi connectivity index (χ1v) is 7.44. The minimum atomic E-state index is -0.276. The molecule has 2 aliphatic heterocycles. The SMILES string of the molecule is COc1cccc(CC(=O)N2C[C@H]3COC[C@@H](C2)C(=O)N3)c1. The first-order chi connectivity index (χ1) is 10.7. The molecule has 2 saturated heterocycles. The zero-order valence-electron chi connectivity index (χ0n) is 12.6. The Balaban J connectivity index is 1.70. The Morgan fingerprint density at radius 1 is 1.41 bits per heavy atom. The molecule has 6 heteroatoms. The fourth-order valence-electron chi connectivity index (χ4n) is 2.90. The molecule has 0 radical (unpaired) electrons. The van der Waals surface area contributed by atoms with Crippen LogP contribution < -0.4 is 10.1 Å². The lowest BCUT2D eigenvalue weighted by atomic mass is 10.1. The number of hydrogen-bond donors (Lipinski definition) is 1. The summed E-state index contributed by atoms with van der Waals surface area (Å²) in [5, 5.41) is 2.93. The molecular formula is C16H20N2O4. The van der Waals surface area contributed by atoms with Crippen molar-refractivity contribution in [1.29, 1.82) is 0 Å². The van der Waals surface area contributed by atoms with Crippen molar-refractivity contribution in [3.05, 3.63) is 29.8 Å². The molecule has 0 aromatic heterocycles. The summed E-state index contributed by atoms with van der Waals surface area (Å²) in [4.78, 5) is 26.3. The zero-order chi connectivity index (χ0) is 15.5. The van der Waals surface area contributed by atoms with Gasteiger partial charge in [-0.25, -0.2) is 0 Å². The van der Waals surface area contributed by atoms with Crippen molar-refractivity contribution in [3.63, 3.8) is 0 Å². The van der Waals surface area contributed by atoms with E-state index in [4.69, 9.17) is 9.47 Å². The van der Waals surface area contributed by atoms with Crippen LogP contribution >= 0.6 is 0 Å². The average Bonchev–Trinajstić information content (AvgIpc) is 2.76. The Morgan fingerprint density at radius 2 is 2.27 bits per heavy atom. The quantitative estimate of drug-likeness (QED) is 0.867. The number of carbonyl (C=O) groups excluding carboxylic acids is 2. The molecule has 0 spiro atoms. The number of hydrogen-bond acceptors (Lipinski definition) is 4. The van der Waals surface area contributed by atoms with Crippen LogP contribution in [0, 0.1) is 5.92 Å². The molecule has 0 unspecified atom stereocenters. The third-order valence-electron chi connectivity index (χ3n) is 4.08. The number of rotatable bonds is 3. The second-order valence-electron chi connectivity index (χ2n) is 5.77. The second-order valence-corrected chi connectivity index (χ2v) is 5.77. The van der Waals surface area contributed by atoms with Gasteiger partial charge in [-0.2, -0.15) is 0 Å². The number of ether oxygens (including phenoxy) is 2. The molecule has 2 heterocycles. The number of nitrogens with zero attached hydrogens (tertiary/aromatic N) is 1. The van der Waals surface area contributed by atoms with Crippen LogP contribution in [0.2, 0.25) is 0 Å². The summed E-state index contributed by atoms with van der Waals surface area (Å²) in [7, 11) is 1.61. The first kappa shape index (κ1) is 14.8. The molecule has 118 valence electrons. The van der Waals surface area contributed by atoms with E-state index in [0.29, 0.717) is 32.7 Å². The van der Waals surface area contributed by atoms with Crippen LogP contribution in [0.15, 0.2) is 24.3 Å². The van der Waals surface area contributed by atoms with E-state index in [2.05, 4.69) is 5.32 Å². The molecule has 2 aliphatic rings. The third-order valence-corrected chi connectivity index (χ3v) is 4.08. The Bertz CT molecular complexity index is 575. The number of nitrogens with one attached hydrogen (secondary N) is 1. The lowest BCUT2D eigenvalue weighted by molar-refractivity contribution is -0.132. The maximum Gasteiger partial charge on any atom is 0.227 e. The van der Waals surface area contributed by atoms with Crippen LogP contribution in [-0.4, -0.2) is 56.2 Å². The lowest BCUT2D eigenvalue weighted by Gasteiger charge is -2.27. The molecule has 6 nitrogen and oxygen atoms in total. The van der Waals surface area contributed by atoms with E-state index in [-0.39, 0.29) is 23.8 Å². The highest BCUT2D eigenvalue weighted by Crippen LogP contribution is 2.17. The lowest BCUT2D eigenvalue weighted by Crippen LogP contribution is -2.44. The summed E-state index contributed by atoms with van der Waals surface area (Å²) < 4.78 is 10.7. The van der Waals surface area contributed by atoms with Crippen molar-refractivity contribution >= 4 is 11.8 Å².